The molecule has 3 atom stereocenters. The van der Waals surface area contributed by atoms with Gasteiger partial charge in [0.15, 0.2) is 0 Å². The van der Waals surface area contributed by atoms with Crippen molar-refractivity contribution in [2.24, 2.45) is 5.92 Å². The molecule has 2 nitrogen and oxygen atoms in total. The van der Waals surface area contributed by atoms with Crippen LogP contribution in [0.25, 0.3) is 0 Å². The fourth-order valence-electron chi connectivity index (χ4n) is 5.35. The van der Waals surface area contributed by atoms with Crippen LogP contribution in [-0.2, 0) is 18.3 Å². The van der Waals surface area contributed by atoms with Crippen LogP contribution >= 0.6 is 0 Å². The minimum atomic E-state index is -4.61. The maximum absolute atomic E-state index is 12.6. The number of halogens is 3. The molecule has 1 unspecified atom stereocenters. The molecule has 0 aromatic heterocycles. The van der Waals surface area contributed by atoms with E-state index in [1.165, 1.54) is 5.92 Å². The molecule has 0 saturated heterocycles. The van der Waals surface area contributed by atoms with E-state index < -0.39 is 11.8 Å². The van der Waals surface area contributed by atoms with E-state index in [1.54, 1.807) is 0 Å². The standard InChI is InChI=1S/C25H22F3NO/c26-25(27,28)13-11-23(30)10-12-24(15-18-4-2-1-3-5-18)21(16-23)8-7-20-14-19(17-29)6-9-22(20)24/h1-6,9,14,21,30H,7-8,10,12,15-16H2/t21-,23?,24+/m1/s1. The van der Waals surface area contributed by atoms with Gasteiger partial charge in [-0.1, -0.05) is 42.3 Å². The van der Waals surface area contributed by atoms with Gasteiger partial charge in [-0.3, -0.25) is 0 Å². The Hall–Kier alpha value is -2.76. The Morgan fingerprint density at radius 2 is 1.87 bits per heavy atom. The molecular weight excluding hydrogens is 387 g/mol. The minimum Gasteiger partial charge on any atom is -0.378 e. The largest absolute Gasteiger partial charge is 0.457 e. The molecule has 0 heterocycles. The molecule has 154 valence electrons. The van der Waals surface area contributed by atoms with Gasteiger partial charge in [-0.25, -0.2) is 0 Å². The van der Waals surface area contributed by atoms with Crippen molar-refractivity contribution in [3.05, 3.63) is 70.8 Å². The van der Waals surface area contributed by atoms with Gasteiger partial charge < -0.3 is 5.11 Å². The zero-order chi connectivity index (χ0) is 21.4. The first-order chi connectivity index (χ1) is 14.2. The minimum absolute atomic E-state index is 0.0134. The Morgan fingerprint density at radius 1 is 1.10 bits per heavy atom. The first-order valence-corrected chi connectivity index (χ1v) is 10.1. The summed E-state index contributed by atoms with van der Waals surface area (Å²) in [5, 5.41) is 20.1. The van der Waals surface area contributed by atoms with Gasteiger partial charge in [-0.05, 0) is 73.3 Å². The Labute approximate surface area is 174 Å². The van der Waals surface area contributed by atoms with E-state index in [1.807, 2.05) is 36.4 Å². The highest BCUT2D eigenvalue weighted by Gasteiger charge is 2.51. The summed E-state index contributed by atoms with van der Waals surface area (Å²) >= 11 is 0. The molecule has 0 amide bonds. The number of rotatable bonds is 2. The van der Waals surface area contributed by atoms with Crippen molar-refractivity contribution in [2.75, 3.05) is 0 Å². The van der Waals surface area contributed by atoms with Gasteiger partial charge in [0, 0.05) is 11.3 Å². The number of nitrogens with zero attached hydrogens (tertiary/aromatic N) is 1. The van der Waals surface area contributed by atoms with Crippen LogP contribution in [0.15, 0.2) is 48.5 Å². The maximum atomic E-state index is 12.6. The van der Waals surface area contributed by atoms with Gasteiger partial charge in [-0.2, -0.15) is 18.4 Å². The highest BCUT2D eigenvalue weighted by atomic mass is 19.4. The Balaban J connectivity index is 1.75. The lowest BCUT2D eigenvalue weighted by molar-refractivity contribution is -0.0712. The van der Waals surface area contributed by atoms with Gasteiger partial charge in [0.05, 0.1) is 11.6 Å². The lowest BCUT2D eigenvalue weighted by atomic mass is 9.52. The van der Waals surface area contributed by atoms with E-state index in [9.17, 15) is 23.5 Å². The van der Waals surface area contributed by atoms with Crippen molar-refractivity contribution < 1.29 is 18.3 Å². The van der Waals surface area contributed by atoms with E-state index in [2.05, 4.69) is 24.1 Å². The smallest absolute Gasteiger partial charge is 0.378 e. The normalized spacial score (nSPS) is 27.8. The number of aryl methyl sites for hydroxylation is 1. The summed E-state index contributed by atoms with van der Waals surface area (Å²) in [6.45, 7) is 0. The molecule has 4 rings (SSSR count). The van der Waals surface area contributed by atoms with Crippen molar-refractivity contribution in [3.8, 4) is 17.9 Å². The number of hydrogen-bond acceptors (Lipinski definition) is 2. The molecule has 30 heavy (non-hydrogen) atoms. The van der Waals surface area contributed by atoms with Gasteiger partial charge in [0.1, 0.15) is 5.60 Å². The predicted octanol–water partition coefficient (Wildman–Crippen LogP) is 5.08. The molecule has 1 saturated carbocycles. The summed E-state index contributed by atoms with van der Waals surface area (Å²) in [7, 11) is 0. The van der Waals surface area contributed by atoms with E-state index in [4.69, 9.17) is 0 Å². The van der Waals surface area contributed by atoms with Crippen LogP contribution in [0.2, 0.25) is 0 Å². The van der Waals surface area contributed by atoms with Crippen molar-refractivity contribution in [1.29, 1.82) is 5.26 Å². The van der Waals surface area contributed by atoms with Gasteiger partial charge in [0.2, 0.25) is 0 Å². The highest BCUT2D eigenvalue weighted by Crippen LogP contribution is 2.54. The number of benzene rings is 2. The molecule has 1 fully saturated rings. The molecular formula is C25H22F3NO. The SMILES string of the molecule is N#Cc1ccc2c(c1)CC[C@@H]1CC(O)(C#CC(F)(F)F)CC[C@@]21Cc1ccccc1. The average Bonchev–Trinajstić information content (AvgIpc) is 2.73. The maximum Gasteiger partial charge on any atom is 0.457 e. The lowest BCUT2D eigenvalue weighted by Gasteiger charge is -2.52. The van der Waals surface area contributed by atoms with Crippen LogP contribution in [-0.4, -0.2) is 16.9 Å². The zero-order valence-corrected chi connectivity index (χ0v) is 16.5. The topological polar surface area (TPSA) is 44.0 Å². The second-order valence-electron chi connectivity index (χ2n) is 8.52. The molecule has 0 aliphatic heterocycles. The second-order valence-corrected chi connectivity index (χ2v) is 8.52. The third kappa shape index (κ3) is 3.95. The molecule has 0 spiro atoms. The van der Waals surface area contributed by atoms with Crippen LogP contribution < -0.4 is 0 Å². The summed E-state index contributed by atoms with van der Waals surface area (Å²) < 4.78 is 37.9. The van der Waals surface area contributed by atoms with Gasteiger partial charge >= 0.3 is 6.18 Å². The molecule has 0 bridgehead atoms. The van der Waals surface area contributed by atoms with E-state index in [0.717, 1.165) is 36.0 Å². The van der Waals surface area contributed by atoms with Crippen LogP contribution in [0.3, 0.4) is 0 Å². The fraction of sp³-hybridized carbons (Fsp3) is 0.400. The molecule has 2 aliphatic carbocycles. The summed E-state index contributed by atoms with van der Waals surface area (Å²) in [5.41, 5.74) is 2.16. The number of fused-ring (bicyclic) bond motifs is 3. The van der Waals surface area contributed by atoms with Gasteiger partial charge in [0.25, 0.3) is 0 Å². The molecule has 2 aromatic rings. The fourth-order valence-corrected chi connectivity index (χ4v) is 5.35. The van der Waals surface area contributed by atoms with Crippen LogP contribution in [0.5, 0.6) is 0 Å². The number of alkyl halides is 3. The average molecular weight is 409 g/mol. The lowest BCUT2D eigenvalue weighted by Crippen LogP contribution is -2.51. The van der Waals surface area contributed by atoms with E-state index in [-0.39, 0.29) is 24.2 Å². The zero-order valence-electron chi connectivity index (χ0n) is 16.5. The van der Waals surface area contributed by atoms with E-state index >= 15 is 0 Å². The van der Waals surface area contributed by atoms with Crippen molar-refractivity contribution in [3.63, 3.8) is 0 Å². The number of aliphatic hydroxyl groups is 1. The first-order valence-electron chi connectivity index (χ1n) is 10.1. The van der Waals surface area contributed by atoms with E-state index in [0.29, 0.717) is 12.0 Å². The molecule has 5 heteroatoms. The Kier molecular flexibility index (Phi) is 5.12. The van der Waals surface area contributed by atoms with Crippen molar-refractivity contribution in [1.82, 2.24) is 0 Å². The summed E-state index contributed by atoms with van der Waals surface area (Å²) in [6, 6.07) is 18.0. The number of hydrogen-bond donors (Lipinski definition) is 1. The molecule has 0 radical (unpaired) electrons. The van der Waals surface area contributed by atoms with Gasteiger partial charge in [-0.15, -0.1) is 0 Å². The van der Waals surface area contributed by atoms with Crippen LogP contribution in [0.1, 0.15) is 47.9 Å². The second kappa shape index (κ2) is 7.49. The van der Waals surface area contributed by atoms with Crippen molar-refractivity contribution in [2.45, 2.75) is 55.7 Å². The molecule has 2 aromatic carbocycles. The van der Waals surface area contributed by atoms with Crippen LogP contribution in [0.4, 0.5) is 13.2 Å². The number of nitriles is 1. The van der Waals surface area contributed by atoms with Crippen LogP contribution in [0, 0.1) is 29.1 Å². The highest BCUT2D eigenvalue weighted by molar-refractivity contribution is 5.46. The summed E-state index contributed by atoms with van der Waals surface area (Å²) in [5.74, 6) is 3.43. The Bertz CT molecular complexity index is 1040. The molecule has 2 aliphatic rings. The molecule has 1 N–H and O–H groups in total. The quantitative estimate of drug-likeness (QED) is 0.703. The predicted molar refractivity (Wildman–Crippen MR) is 107 cm³/mol. The third-order valence-electron chi connectivity index (χ3n) is 6.68. The third-order valence-corrected chi connectivity index (χ3v) is 6.68. The first kappa shape index (κ1) is 20.5. The van der Waals surface area contributed by atoms with Crippen molar-refractivity contribution >= 4 is 0 Å². The monoisotopic (exact) mass is 409 g/mol. The summed E-state index contributed by atoms with van der Waals surface area (Å²) in [4.78, 5) is 0. The Morgan fingerprint density at radius 3 is 2.57 bits per heavy atom. The summed E-state index contributed by atoms with van der Waals surface area (Å²) in [6.07, 6.45) is -1.39.